The first-order chi connectivity index (χ1) is 5.68. The molecule has 0 heterocycles. The Labute approximate surface area is 85.8 Å². The summed E-state index contributed by atoms with van der Waals surface area (Å²) in [5.41, 5.74) is 1.32. The summed E-state index contributed by atoms with van der Waals surface area (Å²) in [7, 11) is 5.47. The van der Waals surface area contributed by atoms with Crippen molar-refractivity contribution in [1.82, 2.24) is 0 Å². The predicted molar refractivity (Wildman–Crippen MR) is 56.5 cm³/mol. The van der Waals surface area contributed by atoms with Crippen LogP contribution in [-0.2, 0) is 11.1 Å². The van der Waals surface area contributed by atoms with Crippen molar-refractivity contribution < 1.29 is 19.7 Å². The van der Waals surface area contributed by atoms with Crippen LogP contribution in [0.2, 0.25) is 0 Å². The molecule has 0 saturated carbocycles. The van der Waals surface area contributed by atoms with Gasteiger partial charge in [-0.25, -0.2) is 0 Å². The lowest BCUT2D eigenvalue weighted by molar-refractivity contribution is 0.539. The van der Waals surface area contributed by atoms with Crippen LogP contribution in [0.1, 0.15) is 0 Å². The number of hydrogen-bond donors (Lipinski definition) is 1. The summed E-state index contributed by atoms with van der Waals surface area (Å²) in [6, 6.07) is 6.92. The monoisotopic (exact) mass is 216 g/mol. The van der Waals surface area contributed by atoms with Gasteiger partial charge in [0.1, 0.15) is 7.85 Å². The Balaban J connectivity index is 0. The molecule has 5 nitrogen and oxygen atoms in total. The standard InChI is InChI=1S/C7H8BNO2S.2H2O/c8-6-2-1-3-7(4-6)9-5-12(10)11;;/h1-4,9H,5H2,(H,10,11);2*1H2/p-1. The highest BCUT2D eigenvalue weighted by molar-refractivity contribution is 7.79. The fourth-order valence-corrected chi connectivity index (χ4v) is 1.08. The molecule has 0 aliphatic rings. The molecule has 2 radical (unpaired) electrons. The van der Waals surface area contributed by atoms with Crippen molar-refractivity contribution in [2.24, 2.45) is 0 Å². The Morgan fingerprint density at radius 1 is 1.43 bits per heavy atom. The van der Waals surface area contributed by atoms with Crippen LogP contribution in [0.15, 0.2) is 24.3 Å². The maximum Gasteiger partial charge on any atom is 0.113 e. The lowest BCUT2D eigenvalue weighted by atomic mass is 9.96. The minimum atomic E-state index is -2.07. The fraction of sp³-hybridized carbons (Fsp3) is 0.143. The van der Waals surface area contributed by atoms with Gasteiger partial charge in [0, 0.05) is 5.69 Å². The van der Waals surface area contributed by atoms with E-state index in [4.69, 9.17) is 7.85 Å². The van der Waals surface area contributed by atoms with Crippen molar-refractivity contribution in [2.45, 2.75) is 0 Å². The topological polar surface area (TPSA) is 115 Å². The van der Waals surface area contributed by atoms with Crippen LogP contribution < -0.4 is 10.8 Å². The van der Waals surface area contributed by atoms with E-state index in [0.717, 1.165) is 0 Å². The Morgan fingerprint density at radius 2 is 2.07 bits per heavy atom. The molecule has 0 aliphatic carbocycles. The summed E-state index contributed by atoms with van der Waals surface area (Å²) in [6.45, 7) is 0. The molecule has 14 heavy (non-hydrogen) atoms. The van der Waals surface area contributed by atoms with Gasteiger partial charge >= 0.3 is 0 Å². The van der Waals surface area contributed by atoms with E-state index in [1.807, 2.05) is 0 Å². The van der Waals surface area contributed by atoms with Crippen molar-refractivity contribution in [3.05, 3.63) is 24.3 Å². The van der Waals surface area contributed by atoms with Gasteiger partial charge in [-0.3, -0.25) is 4.21 Å². The molecular weight excluding hydrogens is 205 g/mol. The van der Waals surface area contributed by atoms with Crippen molar-refractivity contribution >= 4 is 30.1 Å². The van der Waals surface area contributed by atoms with Crippen molar-refractivity contribution in [1.29, 1.82) is 0 Å². The second-order valence-electron chi connectivity index (χ2n) is 2.25. The number of rotatable bonds is 3. The van der Waals surface area contributed by atoms with E-state index in [1.165, 1.54) is 0 Å². The van der Waals surface area contributed by atoms with Gasteiger partial charge in [-0.05, 0) is 23.2 Å². The number of hydrogen-bond acceptors (Lipinski definition) is 3. The molecule has 1 unspecified atom stereocenters. The molecule has 1 rings (SSSR count). The van der Waals surface area contributed by atoms with E-state index in [-0.39, 0.29) is 16.8 Å². The van der Waals surface area contributed by atoms with Gasteiger partial charge < -0.3 is 20.8 Å². The SMILES string of the molecule is O.O.[B]c1cccc(NCS(=O)[O-])c1. The van der Waals surface area contributed by atoms with Crippen LogP contribution in [0.25, 0.3) is 0 Å². The summed E-state index contributed by atoms with van der Waals surface area (Å²) >= 11 is -2.07. The normalized spacial score (nSPS) is 10.6. The van der Waals surface area contributed by atoms with Crippen LogP contribution in [0.4, 0.5) is 5.69 Å². The molecule has 0 amide bonds. The van der Waals surface area contributed by atoms with E-state index in [0.29, 0.717) is 11.2 Å². The van der Waals surface area contributed by atoms with E-state index in [9.17, 15) is 8.76 Å². The molecule has 7 heteroatoms. The molecule has 0 fully saturated rings. The average molecular weight is 216 g/mol. The van der Waals surface area contributed by atoms with E-state index in [1.54, 1.807) is 24.3 Å². The molecule has 0 saturated heterocycles. The minimum Gasteiger partial charge on any atom is -0.771 e. The summed E-state index contributed by atoms with van der Waals surface area (Å²) in [6.07, 6.45) is 0. The molecule has 0 aromatic heterocycles. The minimum absolute atomic E-state index is 0. The highest BCUT2D eigenvalue weighted by atomic mass is 32.2. The third-order valence-corrected chi connectivity index (χ3v) is 1.66. The van der Waals surface area contributed by atoms with E-state index in [2.05, 4.69) is 5.32 Å². The third kappa shape index (κ3) is 5.71. The molecule has 1 atom stereocenters. The molecule has 1 aromatic rings. The lowest BCUT2D eigenvalue weighted by Gasteiger charge is -2.08. The summed E-state index contributed by atoms with van der Waals surface area (Å²) in [5.74, 6) is -0.0938. The highest BCUT2D eigenvalue weighted by Crippen LogP contribution is 2.02. The summed E-state index contributed by atoms with van der Waals surface area (Å²) < 4.78 is 20.3. The maximum atomic E-state index is 10.2. The van der Waals surface area contributed by atoms with E-state index < -0.39 is 11.1 Å². The number of nitrogens with one attached hydrogen (secondary N) is 1. The molecule has 1 aromatic carbocycles. The summed E-state index contributed by atoms with van der Waals surface area (Å²) in [4.78, 5) is 0. The highest BCUT2D eigenvalue weighted by Gasteiger charge is 1.89. The first kappa shape index (κ1) is 15.6. The van der Waals surface area contributed by atoms with Crippen molar-refractivity contribution in [3.8, 4) is 0 Å². The van der Waals surface area contributed by atoms with Gasteiger partial charge in [0.25, 0.3) is 0 Å². The molecular formula is C7H11BNO4S-. The molecule has 0 bridgehead atoms. The van der Waals surface area contributed by atoms with Gasteiger partial charge in [0.2, 0.25) is 0 Å². The lowest BCUT2D eigenvalue weighted by Crippen LogP contribution is -2.09. The van der Waals surface area contributed by atoms with Crippen LogP contribution in [-0.4, -0.2) is 33.4 Å². The van der Waals surface area contributed by atoms with Gasteiger partial charge in [-0.2, -0.15) is 0 Å². The zero-order valence-corrected chi connectivity index (χ0v) is 8.14. The quantitative estimate of drug-likeness (QED) is 0.468. The van der Waals surface area contributed by atoms with Crippen molar-refractivity contribution in [2.75, 3.05) is 11.2 Å². The molecule has 78 valence electrons. The smallest absolute Gasteiger partial charge is 0.113 e. The van der Waals surface area contributed by atoms with Crippen LogP contribution in [0.3, 0.4) is 0 Å². The van der Waals surface area contributed by atoms with E-state index >= 15 is 0 Å². The predicted octanol–water partition coefficient (Wildman–Crippen LogP) is -1.92. The second kappa shape index (κ2) is 7.51. The van der Waals surface area contributed by atoms with Crippen molar-refractivity contribution in [3.63, 3.8) is 0 Å². The van der Waals surface area contributed by atoms with Crippen LogP contribution in [0.5, 0.6) is 0 Å². The molecule has 5 N–H and O–H groups in total. The van der Waals surface area contributed by atoms with Gasteiger partial charge in [0.15, 0.2) is 0 Å². The fourth-order valence-electron chi connectivity index (χ4n) is 0.791. The third-order valence-electron chi connectivity index (χ3n) is 1.28. The Bertz CT molecular complexity index is 297. The Hall–Kier alpha value is -0.885. The molecule has 0 spiro atoms. The van der Waals surface area contributed by atoms with Gasteiger partial charge in [-0.1, -0.05) is 17.6 Å². The summed E-state index contributed by atoms with van der Waals surface area (Å²) in [5, 5.41) is 2.69. The number of anilines is 1. The first-order valence-electron chi connectivity index (χ1n) is 3.34. The zero-order valence-electron chi connectivity index (χ0n) is 7.32. The van der Waals surface area contributed by atoms with Gasteiger partial charge in [0.05, 0.1) is 5.88 Å². The first-order valence-corrected chi connectivity index (χ1v) is 4.58. The molecule has 0 aliphatic heterocycles. The van der Waals surface area contributed by atoms with Crippen LogP contribution in [0, 0.1) is 0 Å². The number of benzene rings is 1. The second-order valence-corrected chi connectivity index (χ2v) is 3.15. The van der Waals surface area contributed by atoms with Gasteiger partial charge in [-0.15, -0.1) is 0 Å². The Morgan fingerprint density at radius 3 is 2.57 bits per heavy atom. The largest absolute Gasteiger partial charge is 0.771 e. The average Bonchev–Trinajstić information content (AvgIpc) is 2.01. The zero-order chi connectivity index (χ0) is 8.97. The Kier molecular flexibility index (Phi) is 8.36. The maximum absolute atomic E-state index is 10.2. The van der Waals surface area contributed by atoms with Crippen LogP contribution >= 0.6 is 0 Å².